The molecule has 0 aliphatic heterocycles. The molecule has 3 heteroatoms. The van der Waals surface area contributed by atoms with Gasteiger partial charge in [0, 0.05) is 12.3 Å². The quantitative estimate of drug-likeness (QED) is 0.160. The minimum atomic E-state index is -0.197. The lowest BCUT2D eigenvalue weighted by molar-refractivity contribution is -0.141. The van der Waals surface area contributed by atoms with Gasteiger partial charge in [0.25, 0.3) is 0 Å². The van der Waals surface area contributed by atoms with Crippen molar-refractivity contribution in [1.29, 1.82) is 0 Å². The molecule has 0 aromatic carbocycles. The maximum atomic E-state index is 10.6. The molecule has 0 aromatic heterocycles. The van der Waals surface area contributed by atoms with E-state index in [1.165, 1.54) is 84.0 Å². The smallest absolute Gasteiger partial charge is 0.302 e. The van der Waals surface area contributed by atoms with Crippen LogP contribution in [-0.2, 0) is 9.53 Å². The Balaban J connectivity index is 3.13. The predicted octanol–water partition coefficient (Wildman–Crippen LogP) is 7.03. The van der Waals surface area contributed by atoms with Crippen LogP contribution < -0.4 is 0 Å². The maximum absolute atomic E-state index is 10.6. The van der Waals surface area contributed by atoms with E-state index in [1.807, 2.05) is 0 Å². The fraction of sp³-hybridized carbons (Fsp3) is 0.950. The summed E-state index contributed by atoms with van der Waals surface area (Å²) in [7, 11) is 0. The molecule has 1 atom stereocenters. The average molecular weight is 347 g/mol. The van der Waals surface area contributed by atoms with Crippen molar-refractivity contribution in [3.63, 3.8) is 0 Å². The van der Waals surface area contributed by atoms with Gasteiger partial charge in [0.2, 0.25) is 0 Å². The standard InChI is InChI=1S/C20H39ClO2/c1-3-4-5-6-7-8-9-10-11-12-13-14-16-20(21)17-15-18-23-19(2)22/h20H,3-18H2,1-2H3. The van der Waals surface area contributed by atoms with Gasteiger partial charge in [-0.2, -0.15) is 0 Å². The van der Waals surface area contributed by atoms with Gasteiger partial charge in [0.15, 0.2) is 0 Å². The number of ether oxygens (including phenoxy) is 1. The molecular formula is C20H39ClO2. The lowest BCUT2D eigenvalue weighted by Gasteiger charge is -2.09. The minimum absolute atomic E-state index is 0.197. The van der Waals surface area contributed by atoms with Crippen molar-refractivity contribution < 1.29 is 9.53 Å². The summed E-state index contributed by atoms with van der Waals surface area (Å²) in [4.78, 5) is 10.6. The molecular weight excluding hydrogens is 308 g/mol. The highest BCUT2D eigenvalue weighted by molar-refractivity contribution is 6.20. The normalized spacial score (nSPS) is 12.3. The van der Waals surface area contributed by atoms with Gasteiger partial charge >= 0.3 is 5.97 Å². The highest BCUT2D eigenvalue weighted by Gasteiger charge is 2.04. The lowest BCUT2D eigenvalue weighted by Crippen LogP contribution is -2.04. The van der Waals surface area contributed by atoms with Crippen LogP contribution in [-0.4, -0.2) is 18.0 Å². The number of halogens is 1. The van der Waals surface area contributed by atoms with E-state index in [1.54, 1.807) is 0 Å². The second-order valence-corrected chi connectivity index (χ2v) is 7.37. The van der Waals surface area contributed by atoms with Gasteiger partial charge in [0.05, 0.1) is 6.61 Å². The second kappa shape index (κ2) is 18.1. The van der Waals surface area contributed by atoms with Crippen LogP contribution in [0.1, 0.15) is 110 Å². The Morgan fingerprint density at radius 1 is 0.783 bits per heavy atom. The van der Waals surface area contributed by atoms with Crippen LogP contribution in [0, 0.1) is 0 Å². The third kappa shape index (κ3) is 19.7. The molecule has 0 bridgehead atoms. The molecule has 0 fully saturated rings. The first-order chi connectivity index (χ1) is 11.2. The van der Waals surface area contributed by atoms with E-state index < -0.39 is 0 Å². The molecule has 138 valence electrons. The molecule has 0 radical (unpaired) electrons. The first-order valence-electron chi connectivity index (χ1n) is 9.94. The lowest BCUT2D eigenvalue weighted by atomic mass is 10.0. The molecule has 0 saturated carbocycles. The Hall–Kier alpha value is -0.240. The molecule has 0 aromatic rings. The third-order valence-electron chi connectivity index (χ3n) is 4.34. The Morgan fingerprint density at radius 3 is 1.70 bits per heavy atom. The number of esters is 1. The van der Waals surface area contributed by atoms with E-state index in [0.717, 1.165) is 19.3 Å². The monoisotopic (exact) mass is 346 g/mol. The summed E-state index contributed by atoms with van der Waals surface area (Å²) in [5.41, 5.74) is 0. The van der Waals surface area contributed by atoms with Crippen LogP contribution in [0.25, 0.3) is 0 Å². The van der Waals surface area contributed by atoms with Gasteiger partial charge in [-0.25, -0.2) is 0 Å². The summed E-state index contributed by atoms with van der Waals surface area (Å²) in [5.74, 6) is -0.197. The zero-order chi connectivity index (χ0) is 17.2. The van der Waals surface area contributed by atoms with E-state index in [4.69, 9.17) is 16.3 Å². The van der Waals surface area contributed by atoms with Gasteiger partial charge in [-0.05, 0) is 19.3 Å². The summed E-state index contributed by atoms with van der Waals surface area (Å²) in [6.07, 6.45) is 19.5. The Bertz CT molecular complexity index is 256. The number of hydrogen-bond donors (Lipinski definition) is 0. The first-order valence-corrected chi connectivity index (χ1v) is 10.4. The summed E-state index contributed by atoms with van der Waals surface area (Å²) >= 11 is 6.29. The van der Waals surface area contributed by atoms with Crippen molar-refractivity contribution in [1.82, 2.24) is 0 Å². The Morgan fingerprint density at radius 2 is 1.22 bits per heavy atom. The van der Waals surface area contributed by atoms with Crippen molar-refractivity contribution in [3.8, 4) is 0 Å². The van der Waals surface area contributed by atoms with E-state index in [2.05, 4.69) is 6.92 Å². The van der Waals surface area contributed by atoms with E-state index in [0.29, 0.717) is 6.61 Å². The van der Waals surface area contributed by atoms with E-state index >= 15 is 0 Å². The molecule has 0 heterocycles. The summed E-state index contributed by atoms with van der Waals surface area (Å²) in [6, 6.07) is 0. The number of carbonyl (C=O) groups is 1. The van der Waals surface area contributed by atoms with Crippen molar-refractivity contribution in [3.05, 3.63) is 0 Å². The molecule has 0 aliphatic rings. The highest BCUT2D eigenvalue weighted by atomic mass is 35.5. The van der Waals surface area contributed by atoms with Crippen molar-refractivity contribution in [2.75, 3.05) is 6.61 Å². The van der Waals surface area contributed by atoms with Crippen molar-refractivity contribution >= 4 is 17.6 Å². The number of alkyl halides is 1. The van der Waals surface area contributed by atoms with Crippen LogP contribution in [0.15, 0.2) is 0 Å². The SMILES string of the molecule is CCCCCCCCCCCCCCC(Cl)CCCOC(C)=O. The third-order valence-corrected chi connectivity index (χ3v) is 4.77. The largest absolute Gasteiger partial charge is 0.466 e. The number of carbonyl (C=O) groups excluding carboxylic acids is 1. The fourth-order valence-electron chi connectivity index (χ4n) is 2.87. The minimum Gasteiger partial charge on any atom is -0.466 e. The zero-order valence-corrected chi connectivity index (χ0v) is 16.3. The second-order valence-electron chi connectivity index (χ2n) is 6.76. The topological polar surface area (TPSA) is 26.3 Å². The first kappa shape index (κ1) is 22.8. The maximum Gasteiger partial charge on any atom is 0.302 e. The number of hydrogen-bond acceptors (Lipinski definition) is 2. The highest BCUT2D eigenvalue weighted by Crippen LogP contribution is 2.16. The van der Waals surface area contributed by atoms with E-state index in [-0.39, 0.29) is 11.3 Å². The van der Waals surface area contributed by atoms with Crippen molar-refractivity contribution in [2.45, 2.75) is 116 Å². The van der Waals surface area contributed by atoms with Gasteiger partial charge < -0.3 is 4.74 Å². The van der Waals surface area contributed by atoms with Crippen LogP contribution in [0.5, 0.6) is 0 Å². The summed E-state index contributed by atoms with van der Waals surface area (Å²) in [6.45, 7) is 4.23. The van der Waals surface area contributed by atoms with Gasteiger partial charge in [-0.15, -0.1) is 11.6 Å². The number of unbranched alkanes of at least 4 members (excludes halogenated alkanes) is 11. The summed E-state index contributed by atoms with van der Waals surface area (Å²) < 4.78 is 4.91. The molecule has 0 amide bonds. The molecule has 0 N–H and O–H groups in total. The average Bonchev–Trinajstić information content (AvgIpc) is 2.52. The van der Waals surface area contributed by atoms with Crippen molar-refractivity contribution in [2.24, 2.45) is 0 Å². The molecule has 2 nitrogen and oxygen atoms in total. The Labute approximate surface area is 149 Å². The Kier molecular flexibility index (Phi) is 17.9. The van der Waals surface area contributed by atoms with Crippen LogP contribution in [0.4, 0.5) is 0 Å². The molecule has 0 aliphatic carbocycles. The van der Waals surface area contributed by atoms with Gasteiger partial charge in [-0.3, -0.25) is 4.79 Å². The van der Waals surface area contributed by atoms with E-state index in [9.17, 15) is 4.79 Å². The summed E-state index contributed by atoms with van der Waals surface area (Å²) in [5, 5.41) is 0.244. The van der Waals surface area contributed by atoms with Crippen LogP contribution in [0.3, 0.4) is 0 Å². The molecule has 1 unspecified atom stereocenters. The number of rotatable bonds is 17. The van der Waals surface area contributed by atoms with Crippen LogP contribution >= 0.6 is 11.6 Å². The van der Waals surface area contributed by atoms with Gasteiger partial charge in [0.1, 0.15) is 0 Å². The molecule has 0 saturated heterocycles. The van der Waals surface area contributed by atoms with Crippen LogP contribution in [0.2, 0.25) is 0 Å². The predicted molar refractivity (Wildman–Crippen MR) is 101 cm³/mol. The molecule has 0 spiro atoms. The zero-order valence-electron chi connectivity index (χ0n) is 15.6. The van der Waals surface area contributed by atoms with Gasteiger partial charge in [-0.1, -0.05) is 84.0 Å². The molecule has 0 rings (SSSR count). The fourth-order valence-corrected chi connectivity index (χ4v) is 3.18. The molecule has 23 heavy (non-hydrogen) atoms.